The van der Waals surface area contributed by atoms with Crippen LogP contribution in [0.1, 0.15) is 244 Å². The highest BCUT2D eigenvalue weighted by atomic mass is 32.2. The Balaban J connectivity index is 1.26. The molecule has 0 unspecified atom stereocenters. The van der Waals surface area contributed by atoms with Gasteiger partial charge in [0.1, 0.15) is 37.1 Å². The zero-order chi connectivity index (χ0) is 72.7. The lowest BCUT2D eigenvalue weighted by atomic mass is 10.0. The second-order valence-electron chi connectivity index (χ2n) is 25.6. The number of amides is 7. The molecular weight excluding hydrogens is 1310 g/mol. The number of ether oxygens (including phenoxy) is 7. The maximum atomic E-state index is 13.5. The third-order valence-corrected chi connectivity index (χ3v) is 17.0. The van der Waals surface area contributed by atoms with Gasteiger partial charge >= 0.3 is 0 Å². The number of carbonyl (C=O) groups is 7. The van der Waals surface area contributed by atoms with Crippen LogP contribution in [0.2, 0.25) is 0 Å². The van der Waals surface area contributed by atoms with Crippen molar-refractivity contribution >= 4 is 53.1 Å². The van der Waals surface area contributed by atoms with Gasteiger partial charge in [0, 0.05) is 87.1 Å². The van der Waals surface area contributed by atoms with E-state index < -0.39 is 5.91 Å². The lowest BCUT2D eigenvalue weighted by molar-refractivity contribution is -0.124. The summed E-state index contributed by atoms with van der Waals surface area (Å²) < 4.78 is 45.8. The first-order valence-electron chi connectivity index (χ1n) is 38.2. The lowest BCUT2D eigenvalue weighted by Gasteiger charge is -2.14. The summed E-state index contributed by atoms with van der Waals surface area (Å²) in [6.07, 6.45) is 34.5. The summed E-state index contributed by atoms with van der Waals surface area (Å²) in [6, 6.07) is 11.9. The second kappa shape index (κ2) is 62.1. The van der Waals surface area contributed by atoms with Crippen LogP contribution < -0.4 is 51.4 Å². The van der Waals surface area contributed by atoms with Crippen LogP contribution >= 0.6 is 11.8 Å². The van der Waals surface area contributed by atoms with Crippen LogP contribution in [-0.2, 0) is 47.7 Å². The summed E-state index contributed by atoms with van der Waals surface area (Å²) in [5, 5.41) is 28.8. The van der Waals surface area contributed by atoms with Gasteiger partial charge in [0.15, 0.2) is 0 Å². The van der Waals surface area contributed by atoms with E-state index in [1.54, 1.807) is 30.3 Å². The Bertz CT molecular complexity index is 2520. The minimum absolute atomic E-state index is 0.0304. The lowest BCUT2D eigenvalue weighted by Crippen LogP contribution is -2.31. The molecule has 0 radical (unpaired) electrons. The quantitative estimate of drug-likeness (QED) is 0.0204. The summed E-state index contributed by atoms with van der Waals surface area (Å²) in [7, 11) is 0. The van der Waals surface area contributed by atoms with Crippen molar-refractivity contribution in [1.82, 2.24) is 47.4 Å². The molecule has 0 atom stereocenters. The number of thioether (sulfide) groups is 1. The number of nitrogens with one attached hydrogen (secondary N) is 7. The van der Waals surface area contributed by atoms with Crippen LogP contribution in [0.15, 0.2) is 52.1 Å². The largest absolute Gasteiger partial charge is 0.492 e. The van der Waals surface area contributed by atoms with Gasteiger partial charge in [0.05, 0.1) is 72.5 Å². The molecule has 0 aliphatic heterocycles. The molecule has 0 spiro atoms. The van der Waals surface area contributed by atoms with Crippen LogP contribution in [0.4, 0.5) is 0 Å². The van der Waals surface area contributed by atoms with Crippen molar-refractivity contribution in [2.75, 3.05) is 118 Å². The number of nitrogens with zero attached hydrogens (tertiary/aromatic N) is 2. The van der Waals surface area contributed by atoms with E-state index >= 15 is 0 Å². The fourth-order valence-electron chi connectivity index (χ4n) is 10.5. The summed E-state index contributed by atoms with van der Waals surface area (Å²) in [4.78, 5) is 87.6. The molecule has 0 saturated heterocycles. The van der Waals surface area contributed by atoms with Crippen molar-refractivity contribution in [3.05, 3.63) is 48.0 Å². The molecule has 1 aromatic heterocycles. The Hall–Kier alpha value is -6.54. The molecule has 0 fully saturated rings. The third kappa shape index (κ3) is 51.3. The summed E-state index contributed by atoms with van der Waals surface area (Å²) in [5.74, 6) is 0.352. The van der Waals surface area contributed by atoms with Crippen LogP contribution in [0.5, 0.6) is 17.2 Å². The predicted molar refractivity (Wildman–Crippen MR) is 396 cm³/mol. The normalized spacial score (nSPS) is 11.1. The average Bonchev–Trinajstić information content (AvgIpc) is 1.77. The van der Waals surface area contributed by atoms with Gasteiger partial charge in [-0.3, -0.25) is 33.6 Å². The summed E-state index contributed by atoms with van der Waals surface area (Å²) in [6.45, 7) is 12.6. The first-order chi connectivity index (χ1) is 49.3. The smallest absolute Gasteiger partial charge is 0.277 e. The van der Waals surface area contributed by atoms with E-state index in [4.69, 9.17) is 37.6 Å². The van der Waals surface area contributed by atoms with Gasteiger partial charge in [-0.2, -0.15) is 0 Å². The standard InChI is InChI=1S/C76H127N9O15S/c1-5-7-9-11-13-15-17-19-21-23-25-27-29-31-68(86)77-41-52-93-48-37-70(88)79-43-54-95-50-39-72(90)81-45-56-98-66-59-64(74(92)83-47-58-97-65-35-33-63(34-36-65)75-84-85-76(100-75)101-62(3)4)60-67(61-66)99-57-46-82-73(91)40-51-96-55-44-80-71(89)38-49-94-53-42-78-69(87)32-30-28-26-24-22-20-18-16-14-12-10-8-6-2/h33-36,59-62H,5-32,37-58H2,1-4H3,(H,77,86)(H,78,87)(H,79,88)(H,80,89)(H,81,90)(H,82,91)(H,83,92). The molecule has 25 heteroatoms. The first-order valence-corrected chi connectivity index (χ1v) is 39.1. The van der Waals surface area contributed by atoms with E-state index in [1.165, 1.54) is 153 Å². The molecule has 3 rings (SSSR count). The summed E-state index contributed by atoms with van der Waals surface area (Å²) in [5.41, 5.74) is 0.987. The van der Waals surface area contributed by atoms with Crippen LogP contribution in [0.25, 0.3) is 11.5 Å². The number of aromatic nitrogens is 2. The average molecular weight is 1440 g/mol. The molecule has 0 bridgehead atoms. The Morgan fingerprint density at radius 2 is 0.663 bits per heavy atom. The molecule has 24 nitrogen and oxygen atoms in total. The Morgan fingerprint density at radius 3 is 1.01 bits per heavy atom. The molecule has 2 aromatic carbocycles. The minimum Gasteiger partial charge on any atom is -0.492 e. The maximum Gasteiger partial charge on any atom is 0.277 e. The molecule has 0 aliphatic rings. The van der Waals surface area contributed by atoms with Gasteiger partial charge in [-0.05, 0) is 49.2 Å². The fraction of sp³-hybridized carbons (Fsp3) is 0.724. The molecule has 3 aromatic rings. The van der Waals surface area contributed by atoms with Crippen molar-refractivity contribution in [2.45, 2.75) is 244 Å². The molecule has 0 saturated carbocycles. The van der Waals surface area contributed by atoms with Crippen molar-refractivity contribution < 1.29 is 71.1 Å². The van der Waals surface area contributed by atoms with Gasteiger partial charge in [0.25, 0.3) is 11.1 Å². The Kier molecular flexibility index (Phi) is 54.5. The van der Waals surface area contributed by atoms with E-state index in [9.17, 15) is 33.6 Å². The molecule has 7 N–H and O–H groups in total. The molecule has 1 heterocycles. The highest BCUT2D eigenvalue weighted by Crippen LogP contribution is 2.28. The van der Waals surface area contributed by atoms with Gasteiger partial charge in [0.2, 0.25) is 41.3 Å². The highest BCUT2D eigenvalue weighted by molar-refractivity contribution is 7.99. The molecule has 7 amide bonds. The molecule has 572 valence electrons. The third-order valence-electron chi connectivity index (χ3n) is 16.2. The van der Waals surface area contributed by atoms with E-state index in [0.717, 1.165) is 31.2 Å². The van der Waals surface area contributed by atoms with Crippen LogP contribution in [0.3, 0.4) is 0 Å². The Labute approximate surface area is 607 Å². The fourth-order valence-corrected chi connectivity index (χ4v) is 11.2. The van der Waals surface area contributed by atoms with Crippen molar-refractivity contribution in [2.24, 2.45) is 0 Å². The first kappa shape index (κ1) is 88.7. The molecule has 0 aliphatic carbocycles. The van der Waals surface area contributed by atoms with Crippen molar-refractivity contribution in [3.63, 3.8) is 0 Å². The Morgan fingerprint density at radius 1 is 0.356 bits per heavy atom. The second-order valence-corrected chi connectivity index (χ2v) is 27.1. The SMILES string of the molecule is CCCCCCCCCCCCCCCC(=O)NCCOCCC(=O)NCCOCCC(=O)NCCOc1cc(OCCNC(=O)CCOCCNC(=O)CCOCCNC(=O)CCCCCCCCCCCCCCC)cc(C(=O)NCCOc2ccc(-c3nnc(SC(C)C)o3)cc2)c1. The van der Waals surface area contributed by atoms with E-state index in [0.29, 0.717) is 72.8 Å². The van der Waals surface area contributed by atoms with Gasteiger partial charge in [-0.15, -0.1) is 10.2 Å². The number of benzene rings is 2. The number of hydrogen-bond donors (Lipinski definition) is 7. The number of rotatable bonds is 68. The zero-order valence-corrected chi connectivity index (χ0v) is 62.7. The van der Waals surface area contributed by atoms with E-state index in [2.05, 4.69) is 61.3 Å². The monoisotopic (exact) mass is 1440 g/mol. The van der Waals surface area contributed by atoms with Crippen molar-refractivity contribution in [1.29, 1.82) is 0 Å². The summed E-state index contributed by atoms with van der Waals surface area (Å²) >= 11 is 1.48. The topological polar surface area (TPSA) is 307 Å². The maximum absolute atomic E-state index is 13.5. The molecule has 101 heavy (non-hydrogen) atoms. The predicted octanol–water partition coefficient (Wildman–Crippen LogP) is 12.1. The zero-order valence-electron chi connectivity index (χ0n) is 61.9. The van der Waals surface area contributed by atoms with Gasteiger partial charge in [-0.1, -0.05) is 194 Å². The highest BCUT2D eigenvalue weighted by Gasteiger charge is 2.15. The van der Waals surface area contributed by atoms with E-state index in [-0.39, 0.29) is 159 Å². The number of carbonyl (C=O) groups excluding carboxylic acids is 7. The number of unbranched alkanes of at least 4 members (excludes halogenated alkanes) is 24. The number of hydrogen-bond acceptors (Lipinski definition) is 18. The van der Waals surface area contributed by atoms with Gasteiger partial charge < -0.3 is 74.8 Å². The minimum atomic E-state index is -0.415. The van der Waals surface area contributed by atoms with Gasteiger partial charge in [-0.25, -0.2) is 0 Å². The molecular formula is C76H127N9O15S. The van der Waals surface area contributed by atoms with Crippen molar-refractivity contribution in [3.8, 4) is 28.7 Å². The van der Waals surface area contributed by atoms with Crippen LogP contribution in [-0.4, -0.2) is 175 Å². The van der Waals surface area contributed by atoms with E-state index in [1.807, 2.05) is 26.0 Å². The van der Waals surface area contributed by atoms with Crippen LogP contribution in [0, 0.1) is 0 Å².